The summed E-state index contributed by atoms with van der Waals surface area (Å²) in [5.74, 6) is 0.0871. The summed E-state index contributed by atoms with van der Waals surface area (Å²) < 4.78 is 1.14. The Morgan fingerprint density at radius 3 is 2.58 bits per heavy atom. The first-order valence-corrected chi connectivity index (χ1v) is 7.48. The van der Waals surface area contributed by atoms with E-state index >= 15 is 0 Å². The minimum Gasteiger partial charge on any atom is -0.309 e. The van der Waals surface area contributed by atoms with Crippen LogP contribution in [0.4, 0.5) is 5.82 Å². The van der Waals surface area contributed by atoms with E-state index in [-0.39, 0.29) is 18.0 Å². The molecule has 0 aliphatic heterocycles. The Kier molecular flexibility index (Phi) is 4.47. The fourth-order valence-corrected chi connectivity index (χ4v) is 2.19. The van der Waals surface area contributed by atoms with Crippen LogP contribution >= 0.6 is 0 Å². The number of rotatable bonds is 4. The first kappa shape index (κ1) is 15.6. The van der Waals surface area contributed by atoms with Gasteiger partial charge in [0.2, 0.25) is 5.91 Å². The quantitative estimate of drug-likeness (QED) is 0.800. The fourth-order valence-electron chi connectivity index (χ4n) is 2.19. The van der Waals surface area contributed by atoms with Crippen molar-refractivity contribution in [3.63, 3.8) is 0 Å². The second kappa shape index (κ2) is 6.87. The highest BCUT2D eigenvalue weighted by Gasteiger charge is 2.08. The number of nitrogens with one attached hydrogen (secondary N) is 1. The van der Waals surface area contributed by atoms with Gasteiger partial charge >= 0.3 is 0 Å². The lowest BCUT2D eigenvalue weighted by atomic mass is 10.1. The Balaban J connectivity index is 1.78. The summed E-state index contributed by atoms with van der Waals surface area (Å²) in [6.45, 7) is 1.74. The topological polar surface area (TPSA) is 76.9 Å². The summed E-state index contributed by atoms with van der Waals surface area (Å²) in [6.07, 6.45) is 1.66. The van der Waals surface area contributed by atoms with Gasteiger partial charge < -0.3 is 5.32 Å². The van der Waals surface area contributed by atoms with Gasteiger partial charge in [-0.3, -0.25) is 9.59 Å². The summed E-state index contributed by atoms with van der Waals surface area (Å²) >= 11 is 0. The van der Waals surface area contributed by atoms with Crippen molar-refractivity contribution in [2.45, 2.75) is 13.5 Å². The van der Waals surface area contributed by atoms with Crippen molar-refractivity contribution in [1.29, 1.82) is 0 Å². The van der Waals surface area contributed by atoms with Crippen LogP contribution in [0.3, 0.4) is 0 Å². The molecule has 0 bridgehead atoms. The Labute approximate surface area is 138 Å². The highest BCUT2D eigenvalue weighted by atomic mass is 16.2. The summed E-state index contributed by atoms with van der Waals surface area (Å²) in [4.78, 5) is 28.2. The molecule has 0 aliphatic carbocycles. The third-order valence-corrected chi connectivity index (χ3v) is 3.41. The van der Waals surface area contributed by atoms with Crippen molar-refractivity contribution in [3.8, 4) is 11.3 Å². The number of aromatic nitrogens is 3. The highest BCUT2D eigenvalue weighted by Crippen LogP contribution is 2.14. The average molecular weight is 320 g/mol. The molecule has 0 saturated carbocycles. The molecule has 0 saturated heterocycles. The predicted octanol–water partition coefficient (Wildman–Crippen LogP) is 2.25. The maximum Gasteiger partial charge on any atom is 0.267 e. The molecule has 3 rings (SSSR count). The zero-order valence-corrected chi connectivity index (χ0v) is 13.1. The van der Waals surface area contributed by atoms with E-state index in [1.165, 1.54) is 6.07 Å². The summed E-state index contributed by atoms with van der Waals surface area (Å²) in [7, 11) is 0. The Morgan fingerprint density at radius 2 is 1.88 bits per heavy atom. The number of benzene rings is 1. The molecular formula is C18H16N4O2. The molecule has 0 spiro atoms. The van der Waals surface area contributed by atoms with Crippen LogP contribution in [0.5, 0.6) is 0 Å². The molecule has 0 unspecified atom stereocenters. The maximum absolute atomic E-state index is 12.1. The first-order chi connectivity index (χ1) is 11.6. The molecule has 1 N–H and O–H groups in total. The molecular weight excluding hydrogens is 304 g/mol. The van der Waals surface area contributed by atoms with Crippen LogP contribution in [0.1, 0.15) is 5.56 Å². The van der Waals surface area contributed by atoms with Gasteiger partial charge in [-0.05, 0) is 24.6 Å². The van der Waals surface area contributed by atoms with Crippen molar-refractivity contribution in [3.05, 3.63) is 76.7 Å². The van der Waals surface area contributed by atoms with E-state index < -0.39 is 0 Å². The van der Waals surface area contributed by atoms with Crippen LogP contribution in [0, 0.1) is 6.92 Å². The van der Waals surface area contributed by atoms with E-state index in [0.717, 1.165) is 15.8 Å². The normalized spacial score (nSPS) is 10.4. The molecule has 24 heavy (non-hydrogen) atoms. The Bertz CT molecular complexity index is 902. The van der Waals surface area contributed by atoms with Gasteiger partial charge in [-0.25, -0.2) is 9.67 Å². The van der Waals surface area contributed by atoms with Gasteiger partial charge in [-0.15, -0.1) is 0 Å². The lowest BCUT2D eigenvalue weighted by Crippen LogP contribution is -2.29. The SMILES string of the molecule is Cc1ccc(NC(=O)Cn2nc(-c3ccccc3)ccc2=O)nc1. The van der Waals surface area contributed by atoms with E-state index in [4.69, 9.17) is 0 Å². The van der Waals surface area contributed by atoms with Crippen LogP contribution in [0.2, 0.25) is 0 Å². The standard InChI is InChI=1S/C18H16N4O2/c1-13-7-9-16(19-11-13)20-17(23)12-22-18(24)10-8-15(21-22)14-5-3-2-4-6-14/h2-11H,12H2,1H3,(H,19,20,23). The van der Waals surface area contributed by atoms with E-state index in [9.17, 15) is 9.59 Å². The molecule has 2 heterocycles. The third kappa shape index (κ3) is 3.73. The molecule has 120 valence electrons. The lowest BCUT2D eigenvalue weighted by molar-refractivity contribution is -0.117. The molecule has 1 amide bonds. The number of amides is 1. The van der Waals surface area contributed by atoms with Gasteiger partial charge in [0.1, 0.15) is 12.4 Å². The summed E-state index contributed by atoms with van der Waals surface area (Å²) in [5.41, 5.74) is 2.19. The molecule has 6 heteroatoms. The van der Waals surface area contributed by atoms with Crippen LogP contribution in [-0.4, -0.2) is 20.7 Å². The van der Waals surface area contributed by atoms with E-state index in [1.807, 2.05) is 43.3 Å². The van der Waals surface area contributed by atoms with Crippen molar-refractivity contribution in [1.82, 2.24) is 14.8 Å². The molecule has 6 nitrogen and oxygen atoms in total. The fraction of sp³-hybridized carbons (Fsp3) is 0.111. The van der Waals surface area contributed by atoms with E-state index in [1.54, 1.807) is 18.3 Å². The lowest BCUT2D eigenvalue weighted by Gasteiger charge is -2.08. The van der Waals surface area contributed by atoms with Gasteiger partial charge in [0.25, 0.3) is 5.56 Å². The smallest absolute Gasteiger partial charge is 0.267 e. The van der Waals surface area contributed by atoms with Crippen LogP contribution in [0.15, 0.2) is 65.6 Å². The van der Waals surface area contributed by atoms with Crippen LogP contribution in [0.25, 0.3) is 11.3 Å². The average Bonchev–Trinajstić information content (AvgIpc) is 2.60. The van der Waals surface area contributed by atoms with E-state index in [2.05, 4.69) is 15.4 Å². The summed E-state index contributed by atoms with van der Waals surface area (Å²) in [5, 5.41) is 6.92. The second-order valence-corrected chi connectivity index (χ2v) is 5.35. The third-order valence-electron chi connectivity index (χ3n) is 3.41. The first-order valence-electron chi connectivity index (χ1n) is 7.48. The van der Waals surface area contributed by atoms with E-state index in [0.29, 0.717) is 11.5 Å². The van der Waals surface area contributed by atoms with Gasteiger partial charge in [0.15, 0.2) is 0 Å². The zero-order valence-electron chi connectivity index (χ0n) is 13.1. The van der Waals surface area contributed by atoms with Crippen molar-refractivity contribution in [2.75, 3.05) is 5.32 Å². The Morgan fingerprint density at radius 1 is 1.08 bits per heavy atom. The van der Waals surface area contributed by atoms with Gasteiger partial charge in [0.05, 0.1) is 5.69 Å². The van der Waals surface area contributed by atoms with Crippen molar-refractivity contribution < 1.29 is 4.79 Å². The number of carbonyl (C=O) groups is 1. The molecule has 0 atom stereocenters. The second-order valence-electron chi connectivity index (χ2n) is 5.35. The number of hydrogen-bond donors (Lipinski definition) is 1. The monoisotopic (exact) mass is 320 g/mol. The molecule has 3 aromatic rings. The predicted molar refractivity (Wildman–Crippen MR) is 91.5 cm³/mol. The highest BCUT2D eigenvalue weighted by molar-refractivity contribution is 5.89. The van der Waals surface area contributed by atoms with Crippen LogP contribution in [-0.2, 0) is 11.3 Å². The van der Waals surface area contributed by atoms with Gasteiger partial charge in [-0.2, -0.15) is 5.10 Å². The van der Waals surface area contributed by atoms with Crippen LogP contribution < -0.4 is 10.9 Å². The van der Waals surface area contributed by atoms with Crippen molar-refractivity contribution in [2.24, 2.45) is 0 Å². The number of nitrogens with zero attached hydrogens (tertiary/aromatic N) is 3. The minimum atomic E-state index is -0.355. The van der Waals surface area contributed by atoms with Gasteiger partial charge in [0, 0.05) is 17.8 Å². The molecule has 0 aliphatic rings. The number of carbonyl (C=O) groups excluding carboxylic acids is 1. The minimum absolute atomic E-state index is 0.172. The zero-order chi connectivity index (χ0) is 16.9. The number of pyridine rings is 1. The molecule has 1 aromatic carbocycles. The molecule has 2 aromatic heterocycles. The largest absolute Gasteiger partial charge is 0.309 e. The van der Waals surface area contributed by atoms with Crippen molar-refractivity contribution >= 4 is 11.7 Å². The number of anilines is 1. The number of hydrogen-bond acceptors (Lipinski definition) is 4. The molecule has 0 fully saturated rings. The molecule has 0 radical (unpaired) electrons. The Hall–Kier alpha value is -3.28. The number of aryl methyl sites for hydroxylation is 1. The maximum atomic E-state index is 12.1. The van der Waals surface area contributed by atoms with Gasteiger partial charge in [-0.1, -0.05) is 36.4 Å². The summed E-state index contributed by atoms with van der Waals surface area (Å²) in [6, 6.07) is 16.1.